The van der Waals surface area contributed by atoms with Gasteiger partial charge in [0.2, 0.25) is 0 Å². The van der Waals surface area contributed by atoms with Crippen molar-refractivity contribution in [3.8, 4) is 5.75 Å². The van der Waals surface area contributed by atoms with Crippen molar-refractivity contribution in [2.45, 2.75) is 50.9 Å². The monoisotopic (exact) mass is 458 g/mol. The lowest BCUT2D eigenvalue weighted by molar-refractivity contribution is -0.0000112. The highest BCUT2D eigenvalue weighted by molar-refractivity contribution is 5.73. The van der Waals surface area contributed by atoms with Gasteiger partial charge in [0.15, 0.2) is 11.4 Å². The molecule has 3 rings (SSSR count). The van der Waals surface area contributed by atoms with Gasteiger partial charge in [0.25, 0.3) is 0 Å². The summed E-state index contributed by atoms with van der Waals surface area (Å²) in [7, 11) is 6.39. The van der Waals surface area contributed by atoms with Crippen molar-refractivity contribution in [1.82, 2.24) is 9.38 Å². The second kappa shape index (κ2) is 8.71. The van der Waals surface area contributed by atoms with Gasteiger partial charge >= 0.3 is 6.09 Å². The maximum Gasteiger partial charge on any atom is 0.415 e. The summed E-state index contributed by atoms with van der Waals surface area (Å²) in [6.07, 6.45) is 8.40. The van der Waals surface area contributed by atoms with E-state index in [0.29, 0.717) is 16.2 Å². The van der Waals surface area contributed by atoms with Crippen LogP contribution >= 0.6 is 0 Å². The van der Waals surface area contributed by atoms with Crippen molar-refractivity contribution >= 4 is 11.8 Å². The third kappa shape index (κ3) is 5.09. The lowest BCUT2D eigenvalue weighted by Crippen LogP contribution is -3.00. The topological polar surface area (TPSA) is 29.5 Å². The molecule has 2 fully saturated rings. The number of likely N-dealkylation sites (tertiary alicyclic amines) is 1. The van der Waals surface area contributed by atoms with Crippen molar-refractivity contribution < 1.29 is 33.5 Å². The van der Waals surface area contributed by atoms with E-state index in [4.69, 9.17) is 4.74 Å². The molecule has 2 aliphatic rings. The van der Waals surface area contributed by atoms with Crippen molar-refractivity contribution in [3.05, 3.63) is 23.8 Å². The fourth-order valence-electron chi connectivity index (χ4n) is 3.89. The lowest BCUT2D eigenvalue weighted by atomic mass is 9.96. The van der Waals surface area contributed by atoms with Crippen LogP contribution in [0.15, 0.2) is 18.2 Å². The molecule has 0 radical (unpaired) electrons. The van der Waals surface area contributed by atoms with E-state index >= 15 is 0 Å². The SMILES string of the molecule is C[N+](C)(C)c1cc(C2CCCC2)ccc1OC(=O)N1CCCCC1.[I-]. The van der Waals surface area contributed by atoms with E-state index in [-0.39, 0.29) is 30.1 Å². The van der Waals surface area contributed by atoms with E-state index in [0.717, 1.165) is 31.6 Å². The van der Waals surface area contributed by atoms with Crippen LogP contribution in [-0.4, -0.2) is 45.2 Å². The molecule has 0 unspecified atom stereocenters. The first-order chi connectivity index (χ1) is 11.4. The Balaban J connectivity index is 0.00000225. The van der Waals surface area contributed by atoms with Gasteiger partial charge in [-0.15, -0.1) is 0 Å². The molecule has 140 valence electrons. The quantitative estimate of drug-likeness (QED) is 0.508. The smallest absolute Gasteiger partial charge is 0.415 e. The molecule has 5 heteroatoms. The molecule has 0 N–H and O–H groups in total. The van der Waals surface area contributed by atoms with Crippen LogP contribution < -0.4 is 33.2 Å². The molecule has 1 aliphatic heterocycles. The summed E-state index contributed by atoms with van der Waals surface area (Å²) in [6.45, 7) is 1.64. The molecule has 0 atom stereocenters. The summed E-state index contributed by atoms with van der Waals surface area (Å²) in [5.41, 5.74) is 2.48. The first-order valence-corrected chi connectivity index (χ1v) is 9.38. The number of hydrogen-bond acceptors (Lipinski definition) is 2. The predicted octanol–water partition coefficient (Wildman–Crippen LogP) is 1.53. The van der Waals surface area contributed by atoms with Crippen LogP contribution in [-0.2, 0) is 0 Å². The van der Waals surface area contributed by atoms with Crippen molar-refractivity contribution in [3.63, 3.8) is 0 Å². The molecule has 1 heterocycles. The normalized spacial score (nSPS) is 18.8. The number of hydrogen-bond donors (Lipinski definition) is 0. The zero-order valence-electron chi connectivity index (χ0n) is 15.8. The molecule has 1 saturated carbocycles. The minimum absolute atomic E-state index is 0. The Labute approximate surface area is 169 Å². The molecule has 0 aromatic heterocycles. The van der Waals surface area contributed by atoms with Crippen LogP contribution in [0.1, 0.15) is 56.4 Å². The highest BCUT2D eigenvalue weighted by Crippen LogP contribution is 2.39. The van der Waals surface area contributed by atoms with Gasteiger partial charge in [0, 0.05) is 19.2 Å². The molecule has 1 aromatic rings. The summed E-state index contributed by atoms with van der Waals surface area (Å²) < 4.78 is 6.46. The van der Waals surface area contributed by atoms with E-state index in [9.17, 15) is 4.79 Å². The Morgan fingerprint density at radius 1 is 1.04 bits per heavy atom. The zero-order chi connectivity index (χ0) is 17.2. The lowest BCUT2D eigenvalue weighted by Gasteiger charge is -2.29. The van der Waals surface area contributed by atoms with Crippen LogP contribution in [0.5, 0.6) is 5.75 Å². The van der Waals surface area contributed by atoms with Crippen molar-refractivity contribution in [1.29, 1.82) is 0 Å². The first-order valence-electron chi connectivity index (χ1n) is 9.38. The second-order valence-electron chi connectivity index (χ2n) is 8.14. The van der Waals surface area contributed by atoms with E-state index < -0.39 is 0 Å². The molecular formula is C20H31IN2O2. The maximum absolute atomic E-state index is 12.5. The molecule has 1 aliphatic carbocycles. The van der Waals surface area contributed by atoms with Gasteiger partial charge in [-0.3, -0.25) is 4.48 Å². The number of amides is 1. The van der Waals surface area contributed by atoms with Crippen molar-refractivity contribution in [2.24, 2.45) is 0 Å². The fraction of sp³-hybridized carbons (Fsp3) is 0.650. The summed E-state index contributed by atoms with van der Waals surface area (Å²) in [5.74, 6) is 1.38. The molecule has 1 aromatic carbocycles. The maximum atomic E-state index is 12.5. The largest absolute Gasteiger partial charge is 1.00 e. The van der Waals surface area contributed by atoms with Gasteiger partial charge < -0.3 is 33.6 Å². The molecular weight excluding hydrogens is 427 g/mol. The van der Waals surface area contributed by atoms with E-state index in [1.807, 2.05) is 11.0 Å². The number of benzene rings is 1. The van der Waals surface area contributed by atoms with E-state index in [1.54, 1.807) is 0 Å². The number of rotatable bonds is 3. The Bertz CT molecular complexity index is 586. The summed E-state index contributed by atoms with van der Waals surface area (Å²) in [6, 6.07) is 6.43. The minimum atomic E-state index is -0.196. The van der Waals surface area contributed by atoms with Crippen LogP contribution in [0, 0.1) is 0 Å². The summed E-state index contributed by atoms with van der Waals surface area (Å²) in [5, 5.41) is 0. The minimum Gasteiger partial charge on any atom is -1.00 e. The third-order valence-electron chi connectivity index (χ3n) is 5.34. The van der Waals surface area contributed by atoms with Gasteiger partial charge in [-0.1, -0.05) is 18.9 Å². The Hall–Kier alpha value is -0.820. The predicted molar refractivity (Wildman–Crippen MR) is 98.7 cm³/mol. The van der Waals surface area contributed by atoms with Gasteiger partial charge in [0.1, 0.15) is 0 Å². The Morgan fingerprint density at radius 2 is 1.68 bits per heavy atom. The average molecular weight is 458 g/mol. The molecule has 0 bridgehead atoms. The van der Waals surface area contributed by atoms with Crippen LogP contribution in [0.25, 0.3) is 0 Å². The Morgan fingerprint density at radius 3 is 2.28 bits per heavy atom. The molecule has 1 amide bonds. The molecule has 1 saturated heterocycles. The molecule has 4 nitrogen and oxygen atoms in total. The zero-order valence-corrected chi connectivity index (χ0v) is 17.9. The van der Waals surface area contributed by atoms with Crippen LogP contribution in [0.3, 0.4) is 0 Å². The van der Waals surface area contributed by atoms with Gasteiger partial charge in [-0.2, -0.15) is 0 Å². The first kappa shape index (κ1) is 20.5. The molecule has 0 spiro atoms. The van der Waals surface area contributed by atoms with Gasteiger partial charge in [0.05, 0.1) is 21.1 Å². The van der Waals surface area contributed by atoms with E-state index in [1.165, 1.54) is 37.7 Å². The number of carbonyl (C=O) groups excluding carboxylic acids is 1. The highest BCUT2D eigenvalue weighted by Gasteiger charge is 2.26. The standard InChI is InChI=1S/C20H31N2O2.HI/c1-22(2,3)18-15-17(16-9-5-6-10-16)11-12-19(18)24-20(23)21-13-7-4-8-14-21;/h11-12,15-16H,4-10,13-14H2,1-3H3;1H/q+1;/p-1. The van der Waals surface area contributed by atoms with E-state index in [2.05, 4.69) is 33.3 Å². The highest BCUT2D eigenvalue weighted by atomic mass is 127. The number of ether oxygens (including phenoxy) is 1. The van der Waals surface area contributed by atoms with Gasteiger partial charge in [-0.25, -0.2) is 4.79 Å². The number of carbonyl (C=O) groups is 1. The number of nitrogens with zero attached hydrogens (tertiary/aromatic N) is 2. The second-order valence-corrected chi connectivity index (χ2v) is 8.14. The number of piperidine rings is 1. The molecule has 25 heavy (non-hydrogen) atoms. The Kier molecular flexibility index (Phi) is 7.14. The third-order valence-corrected chi connectivity index (χ3v) is 5.34. The fourth-order valence-corrected chi connectivity index (χ4v) is 3.89. The number of halogens is 1. The van der Waals surface area contributed by atoms with Crippen molar-refractivity contribution in [2.75, 3.05) is 34.2 Å². The summed E-state index contributed by atoms with van der Waals surface area (Å²) >= 11 is 0. The average Bonchev–Trinajstić information content (AvgIpc) is 3.09. The number of quaternary nitrogens is 1. The summed E-state index contributed by atoms with van der Waals surface area (Å²) in [4.78, 5) is 14.3. The van der Waals surface area contributed by atoms with Crippen LogP contribution in [0.4, 0.5) is 10.5 Å². The van der Waals surface area contributed by atoms with Crippen LogP contribution in [0.2, 0.25) is 0 Å². The van der Waals surface area contributed by atoms with Gasteiger partial charge in [-0.05, 0) is 49.7 Å².